The second-order valence-electron chi connectivity index (χ2n) is 7.36. The van der Waals surface area contributed by atoms with Crippen LogP contribution >= 0.6 is 59.8 Å². The number of nitrogens with one attached hydrogen (secondary N) is 1. The second kappa shape index (κ2) is 11.0. The first-order valence-corrected chi connectivity index (χ1v) is 15.8. The Kier molecular flexibility index (Phi) is 9.18. The number of alkyl halides is 1. The van der Waals surface area contributed by atoms with E-state index >= 15 is 0 Å². The predicted molar refractivity (Wildman–Crippen MR) is 133 cm³/mol. The Labute approximate surface area is 214 Å². The number of nitrogens with two attached hydrogens (primary N) is 1. The zero-order chi connectivity index (χ0) is 25.3. The van der Waals surface area contributed by atoms with Crippen LogP contribution < -0.4 is 11.3 Å². The molecule has 1 saturated heterocycles. The molecule has 1 fully saturated rings. The van der Waals surface area contributed by atoms with Crippen molar-refractivity contribution >= 4 is 76.9 Å². The van der Waals surface area contributed by atoms with Gasteiger partial charge in [0.1, 0.15) is 18.3 Å². The molecule has 1 aliphatic rings. The molecule has 1 aliphatic heterocycles. The molecule has 3 heterocycles. The summed E-state index contributed by atoms with van der Waals surface area (Å²) >= 11 is 2.27. The van der Waals surface area contributed by atoms with E-state index in [4.69, 9.17) is 29.5 Å². The Morgan fingerprint density at radius 1 is 1.41 bits per heavy atom. The highest BCUT2D eigenvalue weighted by molar-refractivity contribution is 14.1. The minimum atomic E-state index is -5.27. The van der Waals surface area contributed by atoms with Crippen LogP contribution in [-0.2, 0) is 27.4 Å². The summed E-state index contributed by atoms with van der Waals surface area (Å²) in [5, 5.41) is 0. The van der Waals surface area contributed by atoms with Gasteiger partial charge >= 0.3 is 15.6 Å². The van der Waals surface area contributed by atoms with Crippen molar-refractivity contribution in [2.24, 2.45) is 0 Å². The Bertz CT molecular complexity index is 1170. The van der Waals surface area contributed by atoms with E-state index in [2.05, 4.69) is 41.9 Å². The third kappa shape index (κ3) is 8.14. The first kappa shape index (κ1) is 28.3. The summed E-state index contributed by atoms with van der Waals surface area (Å²) in [6.45, 7) is 3.48. The molecule has 0 amide bonds. The van der Waals surface area contributed by atoms with Gasteiger partial charge in [0, 0.05) is 6.42 Å². The van der Waals surface area contributed by atoms with Crippen LogP contribution in [-0.4, -0.2) is 61.7 Å². The lowest BCUT2D eigenvalue weighted by molar-refractivity contribution is -0.0522. The van der Waals surface area contributed by atoms with Gasteiger partial charge in [-0.05, 0) is 13.8 Å². The molecular formula is C14H22IN5O10P2S2. The molecule has 0 aliphatic carbocycles. The number of ether oxygens (including phenoxy) is 2. The molecule has 6 N–H and O–H groups in total. The van der Waals surface area contributed by atoms with E-state index in [1.807, 2.05) is 13.8 Å². The molecule has 4 atom stereocenters. The van der Waals surface area contributed by atoms with Gasteiger partial charge in [0.05, 0.1) is 21.8 Å². The van der Waals surface area contributed by atoms with Crippen LogP contribution in [0.2, 0.25) is 0 Å². The highest BCUT2D eigenvalue weighted by Gasteiger charge is 2.41. The molecule has 15 nitrogen and oxygen atoms in total. The average Bonchev–Trinajstić information content (AvgIpc) is 3.25. The lowest BCUT2D eigenvalue weighted by Crippen LogP contribution is -2.29. The molecule has 3 rings (SSSR count). The third-order valence-corrected chi connectivity index (χ3v) is 10.5. The standard InChI is InChI=1S/C14H22IN5O10P2S2/c1-14(2,15)34-33-6-27-7-3-9(20-5-17-10-11(20)18-13(16)19-12(10)21)29-8(7)4-28-32(25,26)30-31(22,23)24/h5,7-9H,3-4,6H2,1-2H3,(H,25,26)(H2,22,23,24)(H3,16,18,19,21)/t7?,8-,9?/m1/s1. The number of phosphoric acid groups is 2. The summed E-state index contributed by atoms with van der Waals surface area (Å²) in [6.07, 6.45) is -0.768. The first-order chi connectivity index (χ1) is 15.6. The lowest BCUT2D eigenvalue weighted by atomic mass is 10.2. The van der Waals surface area contributed by atoms with E-state index in [0.29, 0.717) is 0 Å². The summed E-state index contributed by atoms with van der Waals surface area (Å²) < 4.78 is 44.5. The van der Waals surface area contributed by atoms with Crippen molar-refractivity contribution in [3.63, 3.8) is 0 Å². The minimum absolute atomic E-state index is 0.0409. The Balaban J connectivity index is 1.76. The van der Waals surface area contributed by atoms with Crippen molar-refractivity contribution in [1.82, 2.24) is 19.5 Å². The van der Waals surface area contributed by atoms with Crippen molar-refractivity contribution in [2.75, 3.05) is 18.3 Å². The number of fused-ring (bicyclic) bond motifs is 1. The van der Waals surface area contributed by atoms with Gasteiger partial charge in [0.2, 0.25) is 5.95 Å². The highest BCUT2D eigenvalue weighted by atomic mass is 127. The van der Waals surface area contributed by atoms with E-state index in [1.165, 1.54) is 21.7 Å². The van der Waals surface area contributed by atoms with Gasteiger partial charge in [-0.3, -0.25) is 18.9 Å². The van der Waals surface area contributed by atoms with E-state index in [0.717, 1.165) is 0 Å². The summed E-state index contributed by atoms with van der Waals surface area (Å²) in [7, 11) is -7.32. The predicted octanol–water partition coefficient (Wildman–Crippen LogP) is 2.11. The smallest absolute Gasteiger partial charge is 0.369 e. The average molecular weight is 673 g/mol. The fourth-order valence-corrected chi connectivity index (χ4v) is 7.41. The summed E-state index contributed by atoms with van der Waals surface area (Å²) in [5.74, 6) is 0.134. The van der Waals surface area contributed by atoms with Crippen LogP contribution in [0.4, 0.5) is 5.95 Å². The molecule has 3 unspecified atom stereocenters. The fraction of sp³-hybridized carbons (Fsp3) is 0.643. The molecule has 0 saturated carbocycles. The third-order valence-electron chi connectivity index (χ3n) is 4.14. The van der Waals surface area contributed by atoms with Crippen LogP contribution in [0, 0.1) is 0 Å². The molecule has 2 aromatic heterocycles. The van der Waals surface area contributed by atoms with Crippen LogP contribution in [0.5, 0.6) is 0 Å². The number of anilines is 1. The summed E-state index contributed by atoms with van der Waals surface area (Å²) in [5.41, 5.74) is 5.31. The number of nitrogen functional groups attached to an aromatic ring is 1. The topological polar surface area (TPSA) is 221 Å². The van der Waals surface area contributed by atoms with Crippen molar-refractivity contribution in [3.8, 4) is 0 Å². The molecule has 0 aromatic carbocycles. The summed E-state index contributed by atoms with van der Waals surface area (Å²) in [4.78, 5) is 49.7. The molecule has 20 heteroatoms. The molecular weight excluding hydrogens is 651 g/mol. The molecule has 0 bridgehead atoms. The van der Waals surface area contributed by atoms with Gasteiger partial charge in [-0.2, -0.15) is 9.29 Å². The van der Waals surface area contributed by atoms with Gasteiger partial charge < -0.3 is 29.9 Å². The SMILES string of the molecule is CC(C)(I)SSCOC1CC(n2cnc3c(=O)[nH]c(N)nc32)O[C@@H]1COP(=O)(O)OP(=O)(O)O. The van der Waals surface area contributed by atoms with Gasteiger partial charge in [-0.15, -0.1) is 0 Å². The fourth-order valence-electron chi connectivity index (χ4n) is 2.96. The van der Waals surface area contributed by atoms with E-state index in [9.17, 15) is 18.8 Å². The molecule has 34 heavy (non-hydrogen) atoms. The first-order valence-electron chi connectivity index (χ1n) is 9.37. The second-order valence-corrected chi connectivity index (χ2v) is 16.5. The zero-order valence-corrected chi connectivity index (χ0v) is 23.2. The van der Waals surface area contributed by atoms with Crippen molar-refractivity contribution in [3.05, 3.63) is 16.7 Å². The van der Waals surface area contributed by atoms with E-state index < -0.39 is 46.2 Å². The van der Waals surface area contributed by atoms with E-state index in [-0.39, 0.29) is 32.2 Å². The Morgan fingerprint density at radius 3 is 2.76 bits per heavy atom. The number of H-pyrrole nitrogens is 1. The maximum atomic E-state index is 12.1. The number of aromatic amines is 1. The normalized spacial score (nSPS) is 23.4. The van der Waals surface area contributed by atoms with E-state index in [1.54, 1.807) is 10.8 Å². The molecule has 0 radical (unpaired) electrons. The number of nitrogens with zero attached hydrogens (tertiary/aromatic N) is 3. The van der Waals surface area contributed by atoms with Crippen LogP contribution in [0.15, 0.2) is 11.1 Å². The van der Waals surface area contributed by atoms with Gasteiger partial charge in [-0.1, -0.05) is 44.2 Å². The number of aromatic nitrogens is 4. The molecule has 192 valence electrons. The van der Waals surface area contributed by atoms with Crippen LogP contribution in [0.3, 0.4) is 0 Å². The van der Waals surface area contributed by atoms with Gasteiger partial charge in [0.25, 0.3) is 5.56 Å². The summed E-state index contributed by atoms with van der Waals surface area (Å²) in [6, 6.07) is 0. The Hall–Kier alpha value is -0.240. The van der Waals surface area contributed by atoms with Gasteiger partial charge in [-0.25, -0.2) is 14.1 Å². The Morgan fingerprint density at radius 2 is 2.12 bits per heavy atom. The monoisotopic (exact) mass is 673 g/mol. The number of imidazole rings is 1. The quantitative estimate of drug-likeness (QED) is 0.0576. The maximum absolute atomic E-state index is 12.1. The number of hydrogen-bond acceptors (Lipinski definition) is 12. The zero-order valence-electron chi connectivity index (χ0n) is 17.6. The number of halogens is 1. The number of rotatable bonds is 11. The highest BCUT2D eigenvalue weighted by Crippen LogP contribution is 2.57. The van der Waals surface area contributed by atoms with Crippen molar-refractivity contribution in [2.45, 2.75) is 41.5 Å². The minimum Gasteiger partial charge on any atom is -0.369 e. The van der Waals surface area contributed by atoms with Crippen LogP contribution in [0.1, 0.15) is 26.5 Å². The van der Waals surface area contributed by atoms with Crippen LogP contribution in [0.25, 0.3) is 11.2 Å². The number of phosphoric ester groups is 1. The van der Waals surface area contributed by atoms with Crippen molar-refractivity contribution < 1.29 is 42.1 Å². The van der Waals surface area contributed by atoms with Crippen molar-refractivity contribution in [1.29, 1.82) is 0 Å². The molecule has 2 aromatic rings. The number of hydrogen-bond donors (Lipinski definition) is 5. The largest absolute Gasteiger partial charge is 0.481 e. The molecule has 0 spiro atoms. The maximum Gasteiger partial charge on any atom is 0.481 e. The van der Waals surface area contributed by atoms with Gasteiger partial charge in [0.15, 0.2) is 11.2 Å². The lowest BCUT2D eigenvalue weighted by Gasteiger charge is -2.21.